The number of thioether (sulfide) groups is 1. The Morgan fingerprint density at radius 1 is 0.493 bits per heavy atom. The molecule has 36 heteroatoms. The summed E-state index contributed by atoms with van der Waals surface area (Å²) in [6.45, 7) is 12.9. The molecule has 0 spiro atoms. The van der Waals surface area contributed by atoms with Gasteiger partial charge in [0.15, 0.2) is 0 Å². The number of aryl methyl sites for hydroxylation is 4. The number of carbonyl (C=O) groups is 14. The van der Waals surface area contributed by atoms with Crippen molar-refractivity contribution in [2.75, 3.05) is 110 Å². The van der Waals surface area contributed by atoms with Crippen LogP contribution in [0.2, 0.25) is 0 Å². The molecule has 13 N–H and O–H groups in total. The normalized spacial score (nSPS) is 17.5. The van der Waals surface area contributed by atoms with E-state index in [1.165, 1.54) is 57.4 Å². The standard InChI is InChI=1S/C100H120N14O21S/c1-11-14-25-71(103-94(124)75-26-19-40-113(75)96(126)83(52(4)12-2)107-89(119)54(6)101-92(122)72(48-80(117)118)104-90(120)57-28-32-61(67(44-57)98(128)129)81-63-34-30-59(109(7)8)46-77(63)134-78-47-60(110(9)10)31-35-64(78)81)91(121)105-73(49-115)93(123)108-84(53(5)13-3)97(127)114-41-20-27-76(114)95(125)106-74(100(132)133)50-136-51-79(116)102-58-29-33-62(68(45-58)99(130)131)82-69-42-55-21-15-36-111-38-17-23-65(85(55)111)87(69)135-88-66-24-18-39-112-37-16-22-56(86(66)112)43-70(82)88/h28-35,42-47,52-54,71-76,83-84,115H,11-27,36-41,48-51H2,1-10H3,(H10-2,101,102,103,104,105,106,107,108,116,117,118,119,120,121,122,123,124,125,128,129,130,131,132,133)/p+2/t52-,53-,54-,71-,72-,73-,74-,75-,76-,83-,84-/m0/s1. The van der Waals surface area contributed by atoms with Crippen LogP contribution in [-0.4, -0.2) is 258 Å². The summed E-state index contributed by atoms with van der Waals surface area (Å²) in [6, 6.07) is 11.1. The van der Waals surface area contributed by atoms with Crippen molar-refractivity contribution in [1.29, 1.82) is 0 Å². The van der Waals surface area contributed by atoms with Gasteiger partial charge in [0.2, 0.25) is 53.2 Å². The Labute approximate surface area is 791 Å². The van der Waals surface area contributed by atoms with E-state index in [1.54, 1.807) is 39.8 Å². The number of aliphatic hydroxyl groups is 1. The highest BCUT2D eigenvalue weighted by Gasteiger charge is 2.46. The number of rotatable bonds is 38. The number of fused-ring (bicyclic) bond motifs is 6. The second-order valence-electron chi connectivity index (χ2n) is 37.0. The van der Waals surface area contributed by atoms with E-state index < -0.39 is 162 Å². The monoisotopic (exact) mass is 1890 g/mol. The predicted molar refractivity (Wildman–Crippen MR) is 517 cm³/mol. The Bertz CT molecular complexity index is 5930. The lowest BCUT2D eigenvalue weighted by Gasteiger charge is -2.36. The summed E-state index contributed by atoms with van der Waals surface area (Å²) >= 11 is 0.909. The lowest BCUT2D eigenvalue weighted by Crippen LogP contribution is -2.61. The van der Waals surface area contributed by atoms with Crippen molar-refractivity contribution < 1.29 is 101 Å². The summed E-state index contributed by atoms with van der Waals surface area (Å²) in [4.78, 5) is 207. The molecule has 0 saturated carbocycles. The average molecular weight is 1890 g/mol. The number of unbranched alkanes of at least 4 members (excludes halogenated alkanes) is 1. The molecule has 10 amide bonds. The molecule has 2 saturated heterocycles. The van der Waals surface area contributed by atoms with Crippen molar-refractivity contribution in [2.45, 2.75) is 211 Å². The van der Waals surface area contributed by atoms with Gasteiger partial charge in [0, 0.05) is 107 Å². The van der Waals surface area contributed by atoms with Crippen LogP contribution in [0.15, 0.2) is 93.8 Å². The summed E-state index contributed by atoms with van der Waals surface area (Å²) in [6.07, 6.45) is 8.77. The molecular formula is C100H122N14O21S+2. The van der Waals surface area contributed by atoms with Crippen LogP contribution in [-0.2, 0) is 78.4 Å². The van der Waals surface area contributed by atoms with Gasteiger partial charge in [-0.25, -0.2) is 23.2 Å². The maximum atomic E-state index is 14.8. The maximum Gasteiger partial charge on any atom is 0.366 e. The van der Waals surface area contributed by atoms with E-state index in [2.05, 4.69) is 64.5 Å². The molecule has 0 bridgehead atoms. The number of aromatic carboxylic acids is 2. The van der Waals surface area contributed by atoms with Crippen LogP contribution in [0, 0.1) is 11.8 Å². The fourth-order valence-corrected chi connectivity index (χ4v) is 20.6. The number of likely N-dealkylation sites (tertiary alicyclic amines) is 2. The summed E-state index contributed by atoms with van der Waals surface area (Å²) < 4.78 is 13.6. The molecule has 2 aromatic heterocycles. The zero-order valence-corrected chi connectivity index (χ0v) is 79.2. The van der Waals surface area contributed by atoms with Crippen LogP contribution in [0.4, 0.5) is 28.4 Å². The molecule has 0 radical (unpaired) electrons. The molecule has 8 aromatic rings. The minimum atomic E-state index is -1.83. The van der Waals surface area contributed by atoms with Gasteiger partial charge in [0.25, 0.3) is 5.91 Å². The van der Waals surface area contributed by atoms with Gasteiger partial charge < -0.3 is 97.5 Å². The number of nitrogens with one attached hydrogen (secondary N) is 8. The van der Waals surface area contributed by atoms with Crippen molar-refractivity contribution in [2.24, 2.45) is 11.8 Å². The number of hydrogen-bond donors (Lipinski definition) is 13. The largest absolute Gasteiger partial charge is 0.481 e. The Morgan fingerprint density at radius 3 is 1.47 bits per heavy atom. The molecular weight excluding hydrogens is 1770 g/mol. The third-order valence-corrected chi connectivity index (χ3v) is 28.4. The van der Waals surface area contributed by atoms with Gasteiger partial charge in [-0.3, -0.25) is 52.7 Å². The second-order valence-corrected chi connectivity index (χ2v) is 38.0. The smallest absolute Gasteiger partial charge is 0.366 e. The summed E-state index contributed by atoms with van der Waals surface area (Å²) in [7, 11) is 7.45. The Kier molecular flexibility index (Phi) is 31.0. The van der Waals surface area contributed by atoms with Gasteiger partial charge in [-0.2, -0.15) is 0 Å². The maximum absolute atomic E-state index is 14.8. The first-order chi connectivity index (χ1) is 65.1. The zero-order chi connectivity index (χ0) is 97.5. The molecule has 6 aromatic carbocycles. The minimum Gasteiger partial charge on any atom is -0.481 e. The number of benzene rings is 6. The first-order valence-electron chi connectivity index (χ1n) is 47.1. The highest BCUT2D eigenvalue weighted by atomic mass is 32.2. The van der Waals surface area contributed by atoms with E-state index in [0.717, 1.165) is 145 Å². The Hall–Kier alpha value is -13.3. The number of carbonyl (C=O) groups excluding carboxylic acids is 10. The van der Waals surface area contributed by atoms with Crippen LogP contribution >= 0.6 is 11.8 Å². The van der Waals surface area contributed by atoms with E-state index in [4.69, 9.17) is 8.83 Å². The Balaban J connectivity index is 0.581. The van der Waals surface area contributed by atoms with Crippen molar-refractivity contribution in [3.05, 3.63) is 124 Å². The molecule has 722 valence electrons. The first-order valence-corrected chi connectivity index (χ1v) is 48.3. The van der Waals surface area contributed by atoms with Crippen molar-refractivity contribution in [3.63, 3.8) is 0 Å². The number of amides is 10. The molecule has 0 aliphatic carbocycles. The van der Waals surface area contributed by atoms with Gasteiger partial charge in [0.05, 0.1) is 86.1 Å². The number of hydrogen-bond acceptors (Lipinski definition) is 20. The lowest BCUT2D eigenvalue weighted by molar-refractivity contribution is -0.145. The molecule has 0 unspecified atom stereocenters. The van der Waals surface area contributed by atoms with Gasteiger partial charge >= 0.3 is 46.2 Å². The third kappa shape index (κ3) is 21.1. The molecule has 35 nitrogen and oxygen atoms in total. The number of nitrogens with zero attached hydrogens (tertiary/aromatic N) is 6. The van der Waals surface area contributed by atoms with Gasteiger partial charge in [-0.15, -0.1) is 11.8 Å². The summed E-state index contributed by atoms with van der Waals surface area (Å²) in [5.41, 5.74) is 12.8. The quantitative estimate of drug-likeness (QED) is 0.0126. The van der Waals surface area contributed by atoms with E-state index in [1.807, 2.05) is 81.3 Å². The minimum absolute atomic E-state index is 0.0266. The fourth-order valence-electron chi connectivity index (χ4n) is 19.8. The van der Waals surface area contributed by atoms with Crippen LogP contribution in [0.25, 0.3) is 66.1 Å². The number of aliphatic hydroxyl groups excluding tert-OH is 1. The van der Waals surface area contributed by atoms with E-state index in [-0.39, 0.29) is 71.8 Å². The van der Waals surface area contributed by atoms with Gasteiger partial charge in [-0.05, 0) is 185 Å². The van der Waals surface area contributed by atoms with Crippen LogP contribution < -0.4 is 62.1 Å². The van der Waals surface area contributed by atoms with Gasteiger partial charge in [0.1, 0.15) is 54.4 Å². The number of carboxylic acid groups (broad SMARTS) is 4. The average Bonchev–Trinajstić information content (AvgIpc) is 0.755. The molecule has 6 aliphatic rings. The van der Waals surface area contributed by atoms with Gasteiger partial charge in [-0.1, -0.05) is 72.4 Å². The predicted octanol–water partition coefficient (Wildman–Crippen LogP) is 9.52. The molecule has 136 heavy (non-hydrogen) atoms. The molecule has 8 heterocycles. The molecule has 2 fully saturated rings. The third-order valence-electron chi connectivity index (χ3n) is 27.4. The first kappa shape index (κ1) is 98.7. The van der Waals surface area contributed by atoms with Crippen LogP contribution in [0.3, 0.4) is 0 Å². The number of aliphatic carboxylic acids is 2. The summed E-state index contributed by atoms with van der Waals surface area (Å²) in [5.74, 6) is -15.8. The second kappa shape index (κ2) is 42.8. The zero-order valence-electron chi connectivity index (χ0n) is 78.4. The van der Waals surface area contributed by atoms with E-state index in [9.17, 15) is 92.7 Å². The molecule has 6 aliphatic heterocycles. The Morgan fingerprint density at radius 2 is 0.978 bits per heavy atom. The highest BCUT2D eigenvalue weighted by Crippen LogP contribution is 2.51. The van der Waals surface area contributed by atoms with Crippen molar-refractivity contribution in [3.8, 4) is 22.3 Å². The number of carboxylic acids is 4. The van der Waals surface area contributed by atoms with Crippen molar-refractivity contribution >= 4 is 167 Å². The molecule has 11 atom stereocenters. The van der Waals surface area contributed by atoms with Crippen LogP contribution in [0.5, 0.6) is 0 Å². The fraction of sp³-hybridized carbons (Fsp3) is 0.480. The molecule has 14 rings (SSSR count). The van der Waals surface area contributed by atoms with E-state index in [0.29, 0.717) is 71.6 Å². The topological polar surface area (TPSA) is 478 Å². The number of anilines is 5. The van der Waals surface area contributed by atoms with E-state index >= 15 is 0 Å². The lowest BCUT2D eigenvalue weighted by atomic mass is 9.84. The highest BCUT2D eigenvalue weighted by molar-refractivity contribution is 8.00. The summed E-state index contributed by atoms with van der Waals surface area (Å²) in [5, 5.41) is 76.8. The van der Waals surface area contributed by atoms with Crippen LogP contribution in [0.1, 0.15) is 185 Å². The van der Waals surface area contributed by atoms with Crippen molar-refractivity contribution in [1.82, 2.24) is 47.0 Å². The SMILES string of the molecule is CCCC[C@H](NC(=O)[C@@H]1CCCN1C(=O)[C@@H](NC(=O)[C@H](C)NC(=O)[C@H](CC(=O)O)NC(=O)c1ccc(-c2c3ccc(N(C)C)cc3[o+]c3cc(N(C)C)ccc23)c(C(=O)O)c1)[C@@H](C)CC)C(=O)N[C@@H](CO)C(=O)N[C@H](C(=O)N1CCC[C@H]1C(=O)N[C@@H](CSCC(=O)Nc1ccc(-c2c3cc4c5c(c3[o+]c3c6c7c(cc23)CCCN7CCC6)CCCN5CCC4)c(C(=O)O)c1)C(=O)O)[C@@H](C)CC.